The van der Waals surface area contributed by atoms with Gasteiger partial charge < -0.3 is 9.88 Å². The van der Waals surface area contributed by atoms with Crippen LogP contribution in [0.3, 0.4) is 0 Å². The van der Waals surface area contributed by atoms with E-state index in [2.05, 4.69) is 21.5 Å². The van der Waals surface area contributed by atoms with Crippen LogP contribution in [0.2, 0.25) is 0 Å². The molecule has 6 nitrogen and oxygen atoms in total. The van der Waals surface area contributed by atoms with E-state index in [0.717, 1.165) is 47.7 Å². The summed E-state index contributed by atoms with van der Waals surface area (Å²) >= 11 is 0. The van der Waals surface area contributed by atoms with Gasteiger partial charge in [-0.2, -0.15) is 0 Å². The minimum absolute atomic E-state index is 0.107. The van der Waals surface area contributed by atoms with Gasteiger partial charge in [0.05, 0.1) is 23.1 Å². The molecule has 150 valence electrons. The van der Waals surface area contributed by atoms with Crippen LogP contribution >= 0.6 is 0 Å². The lowest BCUT2D eigenvalue weighted by Gasteiger charge is -2.23. The molecule has 0 aliphatic heterocycles. The van der Waals surface area contributed by atoms with Gasteiger partial charge in [-0.05, 0) is 37.5 Å². The predicted octanol–water partition coefficient (Wildman–Crippen LogP) is 4.41. The lowest BCUT2D eigenvalue weighted by molar-refractivity contribution is -0.123. The van der Waals surface area contributed by atoms with Crippen molar-refractivity contribution in [3.8, 4) is 0 Å². The Balaban J connectivity index is 2.76. The maximum absolute atomic E-state index is 12.7. The van der Waals surface area contributed by atoms with E-state index in [1.54, 1.807) is 0 Å². The summed E-state index contributed by atoms with van der Waals surface area (Å²) in [4.78, 5) is 12.7. The van der Waals surface area contributed by atoms with Gasteiger partial charge in [-0.25, -0.2) is 8.42 Å². The summed E-state index contributed by atoms with van der Waals surface area (Å²) in [5, 5.41) is 3.99. The van der Waals surface area contributed by atoms with E-state index in [1.807, 2.05) is 46.9 Å². The highest BCUT2D eigenvalue weighted by Crippen LogP contribution is 2.39. The van der Waals surface area contributed by atoms with Gasteiger partial charge in [-0.3, -0.25) is 9.52 Å². The first-order valence-corrected chi connectivity index (χ1v) is 11.2. The van der Waals surface area contributed by atoms with Crippen molar-refractivity contribution in [3.63, 3.8) is 0 Å². The zero-order valence-electron chi connectivity index (χ0n) is 17.4. The molecule has 0 saturated heterocycles. The van der Waals surface area contributed by atoms with Gasteiger partial charge in [0.15, 0.2) is 0 Å². The van der Waals surface area contributed by atoms with Crippen molar-refractivity contribution in [2.45, 2.75) is 60.9 Å². The summed E-state index contributed by atoms with van der Waals surface area (Å²) in [7, 11) is -3.44. The number of unbranched alkanes of at least 4 members (excludes halogenated alkanes) is 1. The maximum Gasteiger partial charge on any atom is 0.229 e. The first-order chi connectivity index (χ1) is 12.4. The van der Waals surface area contributed by atoms with Crippen LogP contribution in [0.15, 0.2) is 12.3 Å². The molecule has 0 unspecified atom stereocenters. The van der Waals surface area contributed by atoms with Crippen LogP contribution in [-0.4, -0.2) is 25.1 Å². The summed E-state index contributed by atoms with van der Waals surface area (Å²) in [6, 6.07) is 1.99. The first-order valence-electron chi connectivity index (χ1n) is 9.28. The van der Waals surface area contributed by atoms with Crippen molar-refractivity contribution in [1.82, 2.24) is 4.57 Å². The van der Waals surface area contributed by atoms with Gasteiger partial charge >= 0.3 is 0 Å². The number of hydrogen-bond donors (Lipinski definition) is 2. The molecule has 0 radical (unpaired) electrons. The molecule has 0 aliphatic rings. The van der Waals surface area contributed by atoms with Crippen LogP contribution in [0.5, 0.6) is 0 Å². The van der Waals surface area contributed by atoms with Gasteiger partial charge in [0.2, 0.25) is 15.9 Å². The van der Waals surface area contributed by atoms with Crippen molar-refractivity contribution < 1.29 is 13.2 Å². The first kappa shape index (κ1) is 21.3. The lowest BCUT2D eigenvalue weighted by atomic mass is 9.94. The number of fused-ring (bicyclic) bond motifs is 1. The molecule has 0 fully saturated rings. The molecular formula is C20H31N3O3S. The van der Waals surface area contributed by atoms with Crippen molar-refractivity contribution in [2.75, 3.05) is 16.3 Å². The van der Waals surface area contributed by atoms with Gasteiger partial charge in [0.1, 0.15) is 0 Å². The second kappa shape index (κ2) is 7.54. The van der Waals surface area contributed by atoms with Crippen LogP contribution < -0.4 is 10.0 Å². The lowest BCUT2D eigenvalue weighted by Crippen LogP contribution is -2.28. The predicted molar refractivity (Wildman–Crippen MR) is 113 cm³/mol. The SMILES string of the molecule is CCCCn1ccc2c(C)c(NS(C)(=O)=O)c(C)c(NC(=O)C(C)(C)C)c21. The van der Waals surface area contributed by atoms with E-state index in [1.165, 1.54) is 0 Å². The highest BCUT2D eigenvalue weighted by atomic mass is 32.2. The normalized spacial score (nSPS) is 12.4. The molecule has 1 heterocycles. The summed E-state index contributed by atoms with van der Waals surface area (Å²) in [5.74, 6) is -0.107. The van der Waals surface area contributed by atoms with Gasteiger partial charge in [-0.15, -0.1) is 0 Å². The number of anilines is 2. The largest absolute Gasteiger partial charge is 0.346 e. The van der Waals surface area contributed by atoms with E-state index in [0.29, 0.717) is 11.4 Å². The van der Waals surface area contributed by atoms with E-state index < -0.39 is 15.4 Å². The average Bonchev–Trinajstić information content (AvgIpc) is 2.95. The number of aryl methyl sites for hydroxylation is 2. The molecule has 0 aliphatic carbocycles. The molecule has 2 aromatic rings. The van der Waals surface area contributed by atoms with E-state index in [4.69, 9.17) is 0 Å². The fraction of sp³-hybridized carbons (Fsp3) is 0.550. The Morgan fingerprint density at radius 3 is 2.30 bits per heavy atom. The van der Waals surface area contributed by atoms with Crippen molar-refractivity contribution in [1.29, 1.82) is 0 Å². The van der Waals surface area contributed by atoms with Crippen LogP contribution in [0.4, 0.5) is 11.4 Å². The third kappa shape index (κ3) is 4.64. The third-order valence-corrected chi connectivity index (χ3v) is 5.26. The van der Waals surface area contributed by atoms with E-state index in [-0.39, 0.29) is 5.91 Å². The number of benzene rings is 1. The summed E-state index contributed by atoms with van der Waals surface area (Å²) in [6.07, 6.45) is 5.23. The minimum atomic E-state index is -3.44. The molecule has 0 bridgehead atoms. The number of amides is 1. The monoisotopic (exact) mass is 393 g/mol. The Hall–Kier alpha value is -2.02. The molecule has 1 aromatic carbocycles. The molecular weight excluding hydrogens is 362 g/mol. The quantitative estimate of drug-likeness (QED) is 0.762. The molecule has 2 rings (SSSR count). The van der Waals surface area contributed by atoms with Crippen LogP contribution in [0, 0.1) is 19.3 Å². The second-order valence-electron chi connectivity index (χ2n) is 8.20. The number of hydrogen-bond acceptors (Lipinski definition) is 3. The molecule has 2 N–H and O–H groups in total. The Morgan fingerprint density at radius 2 is 1.78 bits per heavy atom. The number of sulfonamides is 1. The van der Waals surface area contributed by atoms with Gasteiger partial charge in [-0.1, -0.05) is 34.1 Å². The molecule has 0 spiro atoms. The van der Waals surface area contributed by atoms with Crippen LogP contribution in [0.25, 0.3) is 10.9 Å². The molecule has 1 aromatic heterocycles. The Kier molecular flexibility index (Phi) is 5.94. The topological polar surface area (TPSA) is 80.2 Å². The maximum atomic E-state index is 12.7. The molecule has 1 amide bonds. The van der Waals surface area contributed by atoms with Crippen LogP contribution in [0.1, 0.15) is 51.7 Å². The Morgan fingerprint density at radius 1 is 1.15 bits per heavy atom. The zero-order chi connectivity index (χ0) is 20.6. The smallest absolute Gasteiger partial charge is 0.229 e. The fourth-order valence-corrected chi connectivity index (χ4v) is 3.76. The fourth-order valence-electron chi connectivity index (χ4n) is 3.08. The molecule has 0 saturated carbocycles. The van der Waals surface area contributed by atoms with E-state index >= 15 is 0 Å². The van der Waals surface area contributed by atoms with Gasteiger partial charge in [0.25, 0.3) is 0 Å². The van der Waals surface area contributed by atoms with Crippen molar-refractivity contribution in [3.05, 3.63) is 23.4 Å². The number of rotatable bonds is 6. The summed E-state index contributed by atoms with van der Waals surface area (Å²) < 4.78 is 28.5. The summed E-state index contributed by atoms with van der Waals surface area (Å²) in [6.45, 7) is 12.3. The molecule has 7 heteroatoms. The molecule has 27 heavy (non-hydrogen) atoms. The number of carbonyl (C=O) groups is 1. The number of aromatic nitrogens is 1. The standard InChI is InChI=1S/C20H31N3O3S/c1-8-9-11-23-12-10-15-13(2)16(22-27(7,25)26)14(3)17(18(15)23)21-19(24)20(4,5)6/h10,12,22H,8-9,11H2,1-7H3,(H,21,24). The number of nitrogens with zero attached hydrogens (tertiary/aromatic N) is 1. The summed E-state index contributed by atoms with van der Waals surface area (Å²) in [5.41, 5.74) is 3.16. The third-order valence-electron chi connectivity index (χ3n) is 4.69. The highest BCUT2D eigenvalue weighted by molar-refractivity contribution is 7.92. The number of carbonyl (C=O) groups excluding carboxylic acids is 1. The Labute approximate surface area is 162 Å². The second-order valence-corrected chi connectivity index (χ2v) is 9.95. The number of nitrogens with one attached hydrogen (secondary N) is 2. The average molecular weight is 394 g/mol. The van der Waals surface area contributed by atoms with Crippen LogP contribution in [-0.2, 0) is 21.4 Å². The highest BCUT2D eigenvalue weighted by Gasteiger charge is 2.25. The Bertz CT molecular complexity index is 967. The minimum Gasteiger partial charge on any atom is -0.346 e. The van der Waals surface area contributed by atoms with Gasteiger partial charge in [0, 0.05) is 23.5 Å². The van der Waals surface area contributed by atoms with Crippen molar-refractivity contribution >= 4 is 38.2 Å². The van der Waals surface area contributed by atoms with Crippen molar-refractivity contribution in [2.24, 2.45) is 5.41 Å². The zero-order valence-corrected chi connectivity index (χ0v) is 18.2. The van der Waals surface area contributed by atoms with E-state index in [9.17, 15) is 13.2 Å². The molecule has 0 atom stereocenters.